The van der Waals surface area contributed by atoms with Gasteiger partial charge >= 0.3 is 0 Å². The molecule has 18 heavy (non-hydrogen) atoms. The van der Waals surface area contributed by atoms with Gasteiger partial charge in [0.05, 0.1) is 19.3 Å². The van der Waals surface area contributed by atoms with Crippen LogP contribution in [0.15, 0.2) is 10.5 Å². The molecule has 0 unspecified atom stereocenters. The molecule has 0 saturated carbocycles. The van der Waals surface area contributed by atoms with Gasteiger partial charge in [0.2, 0.25) is 0 Å². The van der Waals surface area contributed by atoms with Crippen LogP contribution >= 0.6 is 15.9 Å². The molecule has 1 aliphatic heterocycles. The molecule has 3 nitrogen and oxygen atoms in total. The van der Waals surface area contributed by atoms with Crippen molar-refractivity contribution in [3.63, 3.8) is 0 Å². The van der Waals surface area contributed by atoms with E-state index in [9.17, 15) is 5.11 Å². The van der Waals surface area contributed by atoms with E-state index in [0.717, 1.165) is 39.9 Å². The summed E-state index contributed by atoms with van der Waals surface area (Å²) in [4.78, 5) is 0. The Hall–Kier alpha value is -0.740. The van der Waals surface area contributed by atoms with Crippen molar-refractivity contribution in [2.45, 2.75) is 38.2 Å². The van der Waals surface area contributed by atoms with E-state index < -0.39 is 6.10 Å². The molecule has 0 bridgehead atoms. The zero-order chi connectivity index (χ0) is 12.9. The van der Waals surface area contributed by atoms with Gasteiger partial charge in [0.15, 0.2) is 11.5 Å². The van der Waals surface area contributed by atoms with Gasteiger partial charge in [-0.15, -0.1) is 0 Å². The summed E-state index contributed by atoms with van der Waals surface area (Å²) in [5.74, 6) is 1.48. The van der Waals surface area contributed by atoms with Gasteiger partial charge in [-0.25, -0.2) is 0 Å². The summed E-state index contributed by atoms with van der Waals surface area (Å²) >= 11 is 3.61. The monoisotopic (exact) mass is 312 g/mol. The Morgan fingerprint density at radius 2 is 2.06 bits per heavy atom. The topological polar surface area (TPSA) is 38.7 Å². The Balaban J connectivity index is 2.25. The van der Waals surface area contributed by atoms with Crippen LogP contribution in [0, 0.1) is 0 Å². The normalized spacial score (nSPS) is 24.6. The zero-order valence-corrected chi connectivity index (χ0v) is 12.2. The number of fused-ring (bicyclic) bond motifs is 3. The van der Waals surface area contributed by atoms with Crippen LogP contribution in [0.2, 0.25) is 0 Å². The average molecular weight is 313 g/mol. The van der Waals surface area contributed by atoms with Crippen molar-refractivity contribution >= 4 is 15.9 Å². The maximum absolute atomic E-state index is 10.3. The molecule has 1 N–H and O–H groups in total. The van der Waals surface area contributed by atoms with Gasteiger partial charge in [0.25, 0.3) is 0 Å². The van der Waals surface area contributed by atoms with Crippen LogP contribution in [0.1, 0.15) is 43.9 Å². The predicted molar refractivity (Wildman–Crippen MR) is 72.4 cm³/mol. The van der Waals surface area contributed by atoms with Gasteiger partial charge in [-0.1, -0.05) is 29.8 Å². The highest BCUT2D eigenvalue weighted by atomic mass is 79.9. The van der Waals surface area contributed by atoms with E-state index in [1.165, 1.54) is 0 Å². The molecule has 3 rings (SSSR count). The number of hydrogen-bond donors (Lipinski definition) is 1. The summed E-state index contributed by atoms with van der Waals surface area (Å²) < 4.78 is 12.5. The fraction of sp³-hybridized carbons (Fsp3) is 0.571. The summed E-state index contributed by atoms with van der Waals surface area (Å²) in [5.41, 5.74) is 2.02. The molecule has 0 amide bonds. The second-order valence-corrected chi connectivity index (χ2v) is 6.48. The number of ether oxygens (including phenoxy) is 2. The highest BCUT2D eigenvalue weighted by molar-refractivity contribution is 9.10. The Bertz CT molecular complexity index is 496. The van der Waals surface area contributed by atoms with Gasteiger partial charge < -0.3 is 14.6 Å². The van der Waals surface area contributed by atoms with Crippen molar-refractivity contribution in [2.24, 2.45) is 0 Å². The predicted octanol–water partition coefficient (Wildman–Crippen LogP) is 3.33. The van der Waals surface area contributed by atoms with Gasteiger partial charge in [0.1, 0.15) is 0 Å². The number of rotatable bonds is 0. The van der Waals surface area contributed by atoms with Crippen molar-refractivity contribution in [3.05, 3.63) is 21.7 Å². The largest absolute Gasteiger partial charge is 0.490 e. The first-order valence-electron chi connectivity index (χ1n) is 6.31. The second kappa shape index (κ2) is 4.14. The minimum atomic E-state index is -0.469. The quantitative estimate of drug-likeness (QED) is 0.798. The molecule has 0 spiro atoms. The molecule has 1 aliphatic carbocycles. The van der Waals surface area contributed by atoms with Crippen molar-refractivity contribution in [2.75, 3.05) is 13.2 Å². The number of hydrogen-bond acceptors (Lipinski definition) is 3. The molecule has 0 aromatic heterocycles. The van der Waals surface area contributed by atoms with Gasteiger partial charge in [-0.3, -0.25) is 0 Å². The van der Waals surface area contributed by atoms with Crippen molar-refractivity contribution < 1.29 is 14.6 Å². The molecular formula is C14H17BrO3. The molecule has 4 heteroatoms. The summed E-state index contributed by atoms with van der Waals surface area (Å²) in [5, 5.41) is 10.3. The van der Waals surface area contributed by atoms with Crippen LogP contribution in [-0.4, -0.2) is 18.3 Å². The molecule has 1 aromatic rings. The first-order valence-corrected chi connectivity index (χ1v) is 7.10. The summed E-state index contributed by atoms with van der Waals surface area (Å²) in [6.07, 6.45) is 1.13. The standard InChI is InChI=1S/C14H17BrO3/c1-14(2)7-9(16)11-12(14)8(15)6-10-13(11)18-5-3-4-17-10/h6,9,16H,3-5,7H2,1-2H3/t9-/m0/s1. The van der Waals surface area contributed by atoms with E-state index in [-0.39, 0.29) is 5.41 Å². The highest BCUT2D eigenvalue weighted by Crippen LogP contribution is 2.54. The molecule has 0 fully saturated rings. The lowest BCUT2D eigenvalue weighted by atomic mass is 9.86. The third-order valence-electron chi connectivity index (χ3n) is 3.74. The number of aliphatic hydroxyl groups is 1. The van der Waals surface area contributed by atoms with Crippen LogP contribution in [0.5, 0.6) is 11.5 Å². The minimum Gasteiger partial charge on any atom is -0.490 e. The van der Waals surface area contributed by atoms with Crippen molar-refractivity contribution in [1.29, 1.82) is 0 Å². The van der Waals surface area contributed by atoms with E-state index >= 15 is 0 Å². The van der Waals surface area contributed by atoms with Crippen molar-refractivity contribution in [3.8, 4) is 11.5 Å². The first kappa shape index (κ1) is 12.3. The molecule has 1 heterocycles. The summed E-state index contributed by atoms with van der Waals surface area (Å²) in [7, 11) is 0. The molecule has 98 valence electrons. The lowest BCUT2D eigenvalue weighted by molar-refractivity contribution is 0.157. The third-order valence-corrected chi connectivity index (χ3v) is 4.37. The van der Waals surface area contributed by atoms with E-state index in [4.69, 9.17) is 9.47 Å². The number of halogens is 1. The first-order chi connectivity index (χ1) is 8.50. The molecule has 1 aromatic carbocycles. The fourth-order valence-electron chi connectivity index (χ4n) is 2.99. The van der Waals surface area contributed by atoms with Gasteiger partial charge in [-0.2, -0.15) is 0 Å². The second-order valence-electron chi connectivity index (χ2n) is 5.63. The van der Waals surface area contributed by atoms with E-state index in [1.807, 2.05) is 6.07 Å². The van der Waals surface area contributed by atoms with Crippen LogP contribution in [0.3, 0.4) is 0 Å². The zero-order valence-electron chi connectivity index (χ0n) is 10.6. The third kappa shape index (κ3) is 1.74. The van der Waals surface area contributed by atoms with E-state index in [2.05, 4.69) is 29.8 Å². The Kier molecular flexibility index (Phi) is 2.83. The van der Waals surface area contributed by atoms with Crippen LogP contribution < -0.4 is 9.47 Å². The van der Waals surface area contributed by atoms with Crippen molar-refractivity contribution in [1.82, 2.24) is 0 Å². The van der Waals surface area contributed by atoms with Crippen LogP contribution in [0.25, 0.3) is 0 Å². The fourth-order valence-corrected chi connectivity index (χ4v) is 3.95. The smallest absolute Gasteiger partial charge is 0.167 e. The van der Waals surface area contributed by atoms with Crippen LogP contribution in [-0.2, 0) is 5.41 Å². The molecule has 2 aliphatic rings. The Morgan fingerprint density at radius 1 is 1.33 bits per heavy atom. The minimum absolute atomic E-state index is 0.0434. The molecular weight excluding hydrogens is 296 g/mol. The van der Waals surface area contributed by atoms with Gasteiger partial charge in [-0.05, 0) is 23.5 Å². The summed E-state index contributed by atoms with van der Waals surface area (Å²) in [6.45, 7) is 5.61. The van der Waals surface area contributed by atoms with Gasteiger partial charge in [0, 0.05) is 16.5 Å². The maximum Gasteiger partial charge on any atom is 0.167 e. The lowest BCUT2D eigenvalue weighted by Gasteiger charge is -2.21. The molecule has 1 atom stereocenters. The maximum atomic E-state index is 10.3. The summed E-state index contributed by atoms with van der Waals surface area (Å²) in [6, 6.07) is 1.97. The van der Waals surface area contributed by atoms with E-state index in [0.29, 0.717) is 13.2 Å². The Labute approximate surface area is 115 Å². The average Bonchev–Trinajstić information content (AvgIpc) is 2.46. The Morgan fingerprint density at radius 3 is 2.83 bits per heavy atom. The number of benzene rings is 1. The highest BCUT2D eigenvalue weighted by Gasteiger charge is 2.41. The number of aliphatic hydroxyl groups excluding tert-OH is 1. The molecule has 0 radical (unpaired) electrons. The lowest BCUT2D eigenvalue weighted by Crippen LogP contribution is -2.13. The van der Waals surface area contributed by atoms with E-state index in [1.54, 1.807) is 0 Å². The molecule has 0 saturated heterocycles. The SMILES string of the molecule is CC1(C)C[C@H](O)c2c3c(cc(Br)c21)OCCCO3. The van der Waals surface area contributed by atoms with Crippen LogP contribution in [0.4, 0.5) is 0 Å².